The minimum absolute atomic E-state index is 0.108. The standard InChI is InChI=1S/C10H14O4/c1-6-4-7(12)2-3-8(6)10(14)9(13)5-11/h2-4,9-14H,5H2,1H3. The molecule has 4 N–H and O–H groups in total. The molecule has 0 amide bonds. The van der Waals surface area contributed by atoms with Gasteiger partial charge >= 0.3 is 0 Å². The molecule has 0 radical (unpaired) electrons. The summed E-state index contributed by atoms with van der Waals surface area (Å²) >= 11 is 0. The zero-order chi connectivity index (χ0) is 10.7. The number of aliphatic hydroxyl groups excluding tert-OH is 3. The Labute approximate surface area is 82.1 Å². The molecule has 0 saturated carbocycles. The van der Waals surface area contributed by atoms with Crippen LogP contribution in [-0.2, 0) is 0 Å². The van der Waals surface area contributed by atoms with Gasteiger partial charge in [0, 0.05) is 0 Å². The molecule has 0 aliphatic heterocycles. The van der Waals surface area contributed by atoms with Gasteiger partial charge in [0.05, 0.1) is 6.61 Å². The highest BCUT2D eigenvalue weighted by atomic mass is 16.4. The minimum atomic E-state index is -1.20. The van der Waals surface area contributed by atoms with Crippen LogP contribution in [0.15, 0.2) is 18.2 Å². The van der Waals surface area contributed by atoms with Gasteiger partial charge in [0.15, 0.2) is 0 Å². The number of phenols is 1. The van der Waals surface area contributed by atoms with Crippen molar-refractivity contribution < 1.29 is 20.4 Å². The zero-order valence-corrected chi connectivity index (χ0v) is 7.88. The van der Waals surface area contributed by atoms with Gasteiger partial charge in [-0.15, -0.1) is 0 Å². The van der Waals surface area contributed by atoms with Crippen molar-refractivity contribution in [2.75, 3.05) is 6.61 Å². The Kier molecular flexibility index (Phi) is 3.46. The SMILES string of the molecule is Cc1cc(O)ccc1C(O)C(O)CO. The van der Waals surface area contributed by atoms with Crippen LogP contribution in [0.25, 0.3) is 0 Å². The van der Waals surface area contributed by atoms with Crippen LogP contribution in [0.4, 0.5) is 0 Å². The molecule has 2 atom stereocenters. The molecule has 0 saturated heterocycles. The van der Waals surface area contributed by atoms with E-state index >= 15 is 0 Å². The Morgan fingerprint density at radius 1 is 1.29 bits per heavy atom. The van der Waals surface area contributed by atoms with E-state index in [-0.39, 0.29) is 5.75 Å². The predicted octanol–water partition coefficient (Wildman–Crippen LogP) is 0.0872. The summed E-state index contributed by atoms with van der Waals surface area (Å²) in [4.78, 5) is 0. The van der Waals surface area contributed by atoms with Gasteiger partial charge in [-0.25, -0.2) is 0 Å². The third-order valence-corrected chi connectivity index (χ3v) is 2.12. The third kappa shape index (κ3) is 2.23. The van der Waals surface area contributed by atoms with E-state index in [1.807, 2.05) is 0 Å². The molecule has 0 aromatic heterocycles. The Balaban J connectivity index is 2.95. The first kappa shape index (κ1) is 11.0. The van der Waals surface area contributed by atoms with Gasteiger partial charge < -0.3 is 20.4 Å². The first-order chi connectivity index (χ1) is 6.56. The van der Waals surface area contributed by atoms with Crippen LogP contribution >= 0.6 is 0 Å². The number of benzene rings is 1. The molecule has 78 valence electrons. The highest BCUT2D eigenvalue weighted by Crippen LogP contribution is 2.23. The van der Waals surface area contributed by atoms with Gasteiger partial charge in [0.2, 0.25) is 0 Å². The molecule has 0 heterocycles. The van der Waals surface area contributed by atoms with Gasteiger partial charge in [0.25, 0.3) is 0 Å². The molecule has 0 spiro atoms. The van der Waals surface area contributed by atoms with Crippen molar-refractivity contribution in [1.82, 2.24) is 0 Å². The van der Waals surface area contributed by atoms with Crippen molar-refractivity contribution >= 4 is 0 Å². The highest BCUT2D eigenvalue weighted by molar-refractivity contribution is 5.35. The maximum Gasteiger partial charge on any atom is 0.115 e. The van der Waals surface area contributed by atoms with Crippen LogP contribution in [-0.4, -0.2) is 33.1 Å². The number of aromatic hydroxyl groups is 1. The second-order valence-corrected chi connectivity index (χ2v) is 3.24. The van der Waals surface area contributed by atoms with E-state index in [4.69, 9.17) is 10.2 Å². The van der Waals surface area contributed by atoms with Crippen molar-refractivity contribution in [2.24, 2.45) is 0 Å². The first-order valence-corrected chi connectivity index (χ1v) is 4.32. The zero-order valence-electron chi connectivity index (χ0n) is 7.88. The van der Waals surface area contributed by atoms with Gasteiger partial charge in [-0.1, -0.05) is 6.07 Å². The fraction of sp³-hybridized carbons (Fsp3) is 0.400. The fourth-order valence-corrected chi connectivity index (χ4v) is 1.30. The summed E-state index contributed by atoms with van der Waals surface area (Å²) in [5.74, 6) is 0.108. The lowest BCUT2D eigenvalue weighted by Gasteiger charge is -2.17. The van der Waals surface area contributed by atoms with E-state index in [0.717, 1.165) is 0 Å². The Bertz CT molecular complexity index is 311. The summed E-state index contributed by atoms with van der Waals surface area (Å²) in [7, 11) is 0. The molecule has 0 fully saturated rings. The molecular formula is C10H14O4. The number of phenolic OH excluding ortho intramolecular Hbond substituents is 1. The smallest absolute Gasteiger partial charge is 0.115 e. The molecule has 1 aromatic carbocycles. The summed E-state index contributed by atoms with van der Waals surface area (Å²) < 4.78 is 0. The van der Waals surface area contributed by atoms with Crippen molar-refractivity contribution in [2.45, 2.75) is 19.1 Å². The number of rotatable bonds is 3. The average Bonchev–Trinajstić information content (AvgIpc) is 2.15. The van der Waals surface area contributed by atoms with Gasteiger partial charge in [-0.2, -0.15) is 0 Å². The number of hydrogen-bond donors (Lipinski definition) is 4. The van der Waals surface area contributed by atoms with Gasteiger partial charge in [-0.3, -0.25) is 0 Å². The maximum atomic E-state index is 9.57. The molecule has 1 rings (SSSR count). The number of aliphatic hydroxyl groups is 3. The van der Waals surface area contributed by atoms with Crippen LogP contribution in [0, 0.1) is 6.92 Å². The largest absolute Gasteiger partial charge is 0.508 e. The van der Waals surface area contributed by atoms with E-state index < -0.39 is 18.8 Å². The van der Waals surface area contributed by atoms with E-state index in [9.17, 15) is 10.2 Å². The van der Waals surface area contributed by atoms with E-state index in [1.54, 1.807) is 6.92 Å². The molecule has 14 heavy (non-hydrogen) atoms. The topological polar surface area (TPSA) is 80.9 Å². The van der Waals surface area contributed by atoms with E-state index in [1.165, 1.54) is 18.2 Å². The Morgan fingerprint density at radius 2 is 1.93 bits per heavy atom. The number of aryl methyl sites for hydroxylation is 1. The maximum absolute atomic E-state index is 9.57. The lowest BCUT2D eigenvalue weighted by Crippen LogP contribution is -2.22. The Hall–Kier alpha value is -1.10. The number of hydrogen-bond acceptors (Lipinski definition) is 4. The molecule has 1 aromatic rings. The van der Waals surface area contributed by atoms with Crippen molar-refractivity contribution in [3.05, 3.63) is 29.3 Å². The summed E-state index contributed by atoms with van der Waals surface area (Å²) in [6.07, 6.45) is -2.32. The first-order valence-electron chi connectivity index (χ1n) is 4.32. The molecular weight excluding hydrogens is 184 g/mol. The lowest BCUT2D eigenvalue weighted by molar-refractivity contribution is -0.0155. The summed E-state index contributed by atoms with van der Waals surface area (Å²) in [5, 5.41) is 36.6. The molecule has 4 nitrogen and oxygen atoms in total. The van der Waals surface area contributed by atoms with Crippen LogP contribution in [0.3, 0.4) is 0 Å². The quantitative estimate of drug-likeness (QED) is 0.554. The third-order valence-electron chi connectivity index (χ3n) is 2.12. The van der Waals surface area contributed by atoms with E-state index in [0.29, 0.717) is 11.1 Å². The van der Waals surface area contributed by atoms with Crippen molar-refractivity contribution in [1.29, 1.82) is 0 Å². The average molecular weight is 198 g/mol. The highest BCUT2D eigenvalue weighted by Gasteiger charge is 2.18. The van der Waals surface area contributed by atoms with Crippen LogP contribution in [0.5, 0.6) is 5.75 Å². The van der Waals surface area contributed by atoms with Gasteiger partial charge in [-0.05, 0) is 30.2 Å². The molecule has 0 aliphatic carbocycles. The second-order valence-electron chi connectivity index (χ2n) is 3.24. The fourth-order valence-electron chi connectivity index (χ4n) is 1.30. The van der Waals surface area contributed by atoms with Crippen LogP contribution in [0.1, 0.15) is 17.2 Å². The molecule has 0 bridgehead atoms. The summed E-state index contributed by atoms with van der Waals surface area (Å²) in [6.45, 7) is 1.21. The Morgan fingerprint density at radius 3 is 2.43 bits per heavy atom. The van der Waals surface area contributed by atoms with Crippen molar-refractivity contribution in [3.8, 4) is 5.75 Å². The molecule has 4 heteroatoms. The monoisotopic (exact) mass is 198 g/mol. The van der Waals surface area contributed by atoms with E-state index in [2.05, 4.69) is 0 Å². The van der Waals surface area contributed by atoms with Crippen LogP contribution < -0.4 is 0 Å². The summed E-state index contributed by atoms with van der Waals surface area (Å²) in [6, 6.07) is 4.44. The molecule has 2 unspecified atom stereocenters. The van der Waals surface area contributed by atoms with Crippen LogP contribution in [0.2, 0.25) is 0 Å². The second kappa shape index (κ2) is 4.41. The predicted molar refractivity (Wildman–Crippen MR) is 50.9 cm³/mol. The normalized spacial score (nSPS) is 15.1. The van der Waals surface area contributed by atoms with Crippen molar-refractivity contribution in [3.63, 3.8) is 0 Å². The minimum Gasteiger partial charge on any atom is -0.508 e. The molecule has 0 aliphatic rings. The summed E-state index contributed by atoms with van der Waals surface area (Å²) in [5.41, 5.74) is 1.18. The van der Waals surface area contributed by atoms with Gasteiger partial charge in [0.1, 0.15) is 18.0 Å². The lowest BCUT2D eigenvalue weighted by atomic mass is 9.99.